The molecule has 0 radical (unpaired) electrons. The molecule has 1 heteroatoms. The molecule has 1 rings (SSSR count). The van der Waals surface area contributed by atoms with E-state index in [1.54, 1.807) is 0 Å². The van der Waals surface area contributed by atoms with E-state index in [4.69, 9.17) is 18.0 Å². The van der Waals surface area contributed by atoms with E-state index in [0.29, 0.717) is 0 Å². The molecular formula is C10H9Cl. The van der Waals surface area contributed by atoms with Gasteiger partial charge in [0.25, 0.3) is 0 Å². The first-order valence-corrected chi connectivity index (χ1v) is 3.84. The summed E-state index contributed by atoms with van der Waals surface area (Å²) in [6, 6.07) is 7.64. The van der Waals surface area contributed by atoms with Gasteiger partial charge >= 0.3 is 0 Å². The normalized spacial score (nSPS) is 12.1. The van der Waals surface area contributed by atoms with Gasteiger partial charge < -0.3 is 0 Å². The lowest BCUT2D eigenvalue weighted by Gasteiger charge is -2.05. The summed E-state index contributed by atoms with van der Waals surface area (Å²) in [7, 11) is 0. The molecule has 0 N–H and O–H groups in total. The first-order chi connectivity index (χ1) is 5.25. The number of rotatable bonds is 1. The molecule has 0 nitrogen and oxygen atoms in total. The summed E-state index contributed by atoms with van der Waals surface area (Å²) in [5.41, 5.74) is 1.02. The predicted octanol–water partition coefficient (Wildman–Crippen LogP) is 3.08. The standard InChI is InChI=1S/C10H9Cl/c1-3-8(2)9-6-4-5-7-10(9)11/h1,4-8H,2H3. The molecule has 1 atom stereocenters. The molecule has 0 aromatic heterocycles. The first-order valence-electron chi connectivity index (χ1n) is 3.46. The third-order valence-corrected chi connectivity index (χ3v) is 1.97. The average Bonchev–Trinajstić information content (AvgIpc) is 2.04. The van der Waals surface area contributed by atoms with Crippen LogP contribution in [0.4, 0.5) is 0 Å². The lowest BCUT2D eigenvalue weighted by atomic mass is 10.0. The second-order valence-electron chi connectivity index (χ2n) is 2.41. The Balaban J connectivity index is 3.05. The summed E-state index contributed by atoms with van der Waals surface area (Å²) >= 11 is 5.90. The number of hydrogen-bond acceptors (Lipinski definition) is 0. The number of terminal acetylenes is 1. The summed E-state index contributed by atoms with van der Waals surface area (Å²) < 4.78 is 0. The summed E-state index contributed by atoms with van der Waals surface area (Å²) in [6.07, 6.45) is 5.26. The molecular weight excluding hydrogens is 156 g/mol. The van der Waals surface area contributed by atoms with Gasteiger partial charge in [-0.3, -0.25) is 0 Å². The zero-order valence-electron chi connectivity index (χ0n) is 6.34. The van der Waals surface area contributed by atoms with E-state index in [1.165, 1.54) is 0 Å². The Labute approximate surface area is 72.2 Å². The number of hydrogen-bond donors (Lipinski definition) is 0. The van der Waals surface area contributed by atoms with E-state index in [9.17, 15) is 0 Å². The Morgan fingerprint density at radius 2 is 2.09 bits per heavy atom. The van der Waals surface area contributed by atoms with Crippen LogP contribution in [0.1, 0.15) is 18.4 Å². The van der Waals surface area contributed by atoms with Crippen molar-refractivity contribution in [2.45, 2.75) is 12.8 Å². The minimum Gasteiger partial charge on any atom is -0.119 e. The monoisotopic (exact) mass is 164 g/mol. The largest absolute Gasteiger partial charge is 0.119 e. The van der Waals surface area contributed by atoms with Crippen molar-refractivity contribution in [3.05, 3.63) is 34.9 Å². The second kappa shape index (κ2) is 3.46. The van der Waals surface area contributed by atoms with Gasteiger partial charge in [0.15, 0.2) is 0 Å². The molecule has 0 bridgehead atoms. The zero-order valence-corrected chi connectivity index (χ0v) is 7.10. The summed E-state index contributed by atoms with van der Waals surface area (Å²) in [4.78, 5) is 0. The maximum Gasteiger partial charge on any atom is 0.0450 e. The van der Waals surface area contributed by atoms with Crippen LogP contribution in [0, 0.1) is 12.3 Å². The van der Waals surface area contributed by atoms with E-state index in [1.807, 2.05) is 31.2 Å². The molecule has 11 heavy (non-hydrogen) atoms. The van der Waals surface area contributed by atoms with Crippen molar-refractivity contribution in [1.82, 2.24) is 0 Å². The van der Waals surface area contributed by atoms with Crippen LogP contribution in [-0.4, -0.2) is 0 Å². The minimum atomic E-state index is 0.101. The Kier molecular flexibility index (Phi) is 2.57. The Morgan fingerprint density at radius 1 is 1.45 bits per heavy atom. The van der Waals surface area contributed by atoms with Crippen molar-refractivity contribution in [1.29, 1.82) is 0 Å². The van der Waals surface area contributed by atoms with Crippen LogP contribution < -0.4 is 0 Å². The van der Waals surface area contributed by atoms with Crippen LogP contribution >= 0.6 is 11.6 Å². The fourth-order valence-electron chi connectivity index (χ4n) is 0.916. The molecule has 1 aromatic rings. The van der Waals surface area contributed by atoms with Crippen LogP contribution in [0.25, 0.3) is 0 Å². The van der Waals surface area contributed by atoms with Crippen molar-refractivity contribution >= 4 is 11.6 Å². The molecule has 0 spiro atoms. The Morgan fingerprint density at radius 3 is 2.64 bits per heavy atom. The van der Waals surface area contributed by atoms with Gasteiger partial charge in [0.05, 0.1) is 0 Å². The van der Waals surface area contributed by atoms with Crippen LogP contribution in [0.3, 0.4) is 0 Å². The van der Waals surface area contributed by atoms with E-state index in [-0.39, 0.29) is 5.92 Å². The Hall–Kier alpha value is -0.930. The molecule has 0 aliphatic rings. The predicted molar refractivity (Wildman–Crippen MR) is 48.7 cm³/mol. The van der Waals surface area contributed by atoms with E-state index < -0.39 is 0 Å². The molecule has 0 aliphatic carbocycles. The first kappa shape index (κ1) is 8.17. The smallest absolute Gasteiger partial charge is 0.0450 e. The third-order valence-electron chi connectivity index (χ3n) is 1.62. The quantitative estimate of drug-likeness (QED) is 0.560. The highest BCUT2D eigenvalue weighted by Crippen LogP contribution is 2.22. The van der Waals surface area contributed by atoms with Crippen molar-refractivity contribution in [3.8, 4) is 12.3 Å². The highest BCUT2D eigenvalue weighted by molar-refractivity contribution is 6.31. The molecule has 0 aliphatic heterocycles. The molecule has 0 fully saturated rings. The second-order valence-corrected chi connectivity index (χ2v) is 2.82. The molecule has 1 unspecified atom stereocenters. The van der Waals surface area contributed by atoms with Gasteiger partial charge in [0.1, 0.15) is 0 Å². The van der Waals surface area contributed by atoms with E-state index in [0.717, 1.165) is 10.6 Å². The maximum absolute atomic E-state index is 5.90. The Bertz CT molecular complexity index is 283. The fourth-order valence-corrected chi connectivity index (χ4v) is 1.22. The maximum atomic E-state index is 5.90. The van der Waals surface area contributed by atoms with Gasteiger partial charge in [0.2, 0.25) is 0 Å². The van der Waals surface area contributed by atoms with Gasteiger partial charge in [-0.15, -0.1) is 6.42 Å². The number of benzene rings is 1. The van der Waals surface area contributed by atoms with Crippen LogP contribution in [0.2, 0.25) is 5.02 Å². The third kappa shape index (κ3) is 1.76. The van der Waals surface area contributed by atoms with Crippen LogP contribution in [0.15, 0.2) is 24.3 Å². The molecule has 0 amide bonds. The van der Waals surface area contributed by atoms with Crippen LogP contribution in [-0.2, 0) is 0 Å². The lowest BCUT2D eigenvalue weighted by molar-refractivity contribution is 1.01. The summed E-state index contributed by atoms with van der Waals surface area (Å²) in [5, 5.41) is 0.748. The number of halogens is 1. The van der Waals surface area contributed by atoms with Gasteiger partial charge in [0, 0.05) is 10.9 Å². The van der Waals surface area contributed by atoms with Gasteiger partial charge in [-0.2, -0.15) is 0 Å². The molecule has 1 aromatic carbocycles. The highest BCUT2D eigenvalue weighted by Gasteiger charge is 2.03. The fraction of sp³-hybridized carbons (Fsp3) is 0.200. The minimum absolute atomic E-state index is 0.101. The van der Waals surface area contributed by atoms with Gasteiger partial charge in [-0.05, 0) is 18.6 Å². The lowest BCUT2D eigenvalue weighted by Crippen LogP contribution is -1.89. The molecule has 56 valence electrons. The van der Waals surface area contributed by atoms with Crippen molar-refractivity contribution in [2.75, 3.05) is 0 Å². The molecule has 0 heterocycles. The van der Waals surface area contributed by atoms with Crippen molar-refractivity contribution < 1.29 is 0 Å². The van der Waals surface area contributed by atoms with E-state index in [2.05, 4.69) is 5.92 Å². The average molecular weight is 165 g/mol. The van der Waals surface area contributed by atoms with E-state index >= 15 is 0 Å². The van der Waals surface area contributed by atoms with Gasteiger partial charge in [-0.25, -0.2) is 0 Å². The highest BCUT2D eigenvalue weighted by atomic mass is 35.5. The van der Waals surface area contributed by atoms with Gasteiger partial charge in [-0.1, -0.05) is 35.7 Å². The van der Waals surface area contributed by atoms with Crippen molar-refractivity contribution in [3.63, 3.8) is 0 Å². The zero-order chi connectivity index (χ0) is 8.27. The topological polar surface area (TPSA) is 0 Å². The van der Waals surface area contributed by atoms with Crippen LogP contribution in [0.5, 0.6) is 0 Å². The summed E-state index contributed by atoms with van der Waals surface area (Å²) in [5.74, 6) is 2.74. The SMILES string of the molecule is C#CC(C)c1ccccc1Cl. The van der Waals surface area contributed by atoms with Crippen molar-refractivity contribution in [2.24, 2.45) is 0 Å². The summed E-state index contributed by atoms with van der Waals surface area (Å²) in [6.45, 7) is 1.96. The molecule has 0 saturated heterocycles. The molecule has 0 saturated carbocycles.